The summed E-state index contributed by atoms with van der Waals surface area (Å²) in [5, 5.41) is 5.37. The van der Waals surface area contributed by atoms with Crippen LogP contribution in [0.1, 0.15) is 25.8 Å². The Morgan fingerprint density at radius 1 is 1.13 bits per heavy atom. The van der Waals surface area contributed by atoms with Gasteiger partial charge < -0.3 is 15.5 Å². The van der Waals surface area contributed by atoms with Crippen molar-refractivity contribution in [1.82, 2.24) is 10.2 Å². The largest absolute Gasteiger partial charge is 0.325 e. The lowest BCUT2D eigenvalue weighted by atomic mass is 9.92. The van der Waals surface area contributed by atoms with Gasteiger partial charge in [0.1, 0.15) is 17.9 Å². The van der Waals surface area contributed by atoms with Gasteiger partial charge >= 0.3 is 6.03 Å². The summed E-state index contributed by atoms with van der Waals surface area (Å²) in [6.07, 6.45) is 0.0772. The molecule has 0 aromatic heterocycles. The Bertz CT molecular complexity index is 1090. The second kappa shape index (κ2) is 7.50. The van der Waals surface area contributed by atoms with Crippen molar-refractivity contribution in [1.29, 1.82) is 0 Å². The molecule has 0 unspecified atom stereocenters. The number of urea groups is 1. The van der Waals surface area contributed by atoms with Crippen molar-refractivity contribution in [3.63, 3.8) is 0 Å². The van der Waals surface area contributed by atoms with Gasteiger partial charge in [-0.25, -0.2) is 9.18 Å². The van der Waals surface area contributed by atoms with Gasteiger partial charge in [0.25, 0.3) is 5.91 Å². The third-order valence-corrected chi connectivity index (χ3v) is 5.62. The van der Waals surface area contributed by atoms with E-state index in [1.165, 1.54) is 36.1 Å². The zero-order valence-electron chi connectivity index (χ0n) is 17.0. The van der Waals surface area contributed by atoms with Gasteiger partial charge in [0, 0.05) is 12.5 Å². The van der Waals surface area contributed by atoms with E-state index in [1.807, 2.05) is 0 Å². The van der Waals surface area contributed by atoms with Gasteiger partial charge in [-0.3, -0.25) is 19.3 Å². The zero-order chi connectivity index (χ0) is 22.3. The normalized spacial score (nSPS) is 23.2. The van der Waals surface area contributed by atoms with E-state index < -0.39 is 41.8 Å². The summed E-state index contributed by atoms with van der Waals surface area (Å²) < 4.78 is 13.3. The SMILES string of the molecule is C[C@@H]1CC(=O)Nc2ccccc2N1C(=O)CN1C(=O)N[C@](C)(c2ccc(F)cc2)C1=O. The Hall–Kier alpha value is -3.75. The number of hydrogen-bond donors (Lipinski definition) is 2. The summed E-state index contributed by atoms with van der Waals surface area (Å²) >= 11 is 0. The third kappa shape index (κ3) is 3.52. The highest BCUT2D eigenvalue weighted by Gasteiger charge is 2.50. The fourth-order valence-corrected chi connectivity index (χ4v) is 4.00. The second-order valence-corrected chi connectivity index (χ2v) is 7.84. The average Bonchev–Trinajstić information content (AvgIpc) is 2.85. The van der Waals surface area contributed by atoms with Crippen molar-refractivity contribution in [3.8, 4) is 0 Å². The van der Waals surface area contributed by atoms with E-state index in [-0.39, 0.29) is 12.3 Å². The number of anilines is 2. The standard InChI is InChI=1S/C22H21FN4O4/c1-13-11-18(28)24-16-5-3-4-6-17(16)27(13)19(29)12-26-20(30)22(2,25-21(26)31)14-7-9-15(23)10-8-14/h3-10,13H,11-12H2,1-2H3,(H,24,28)(H,25,31)/t13-,22-/m1/s1. The van der Waals surface area contributed by atoms with Crippen LogP contribution in [0.4, 0.5) is 20.6 Å². The van der Waals surface area contributed by atoms with E-state index >= 15 is 0 Å². The van der Waals surface area contributed by atoms with Crippen LogP contribution in [-0.4, -0.2) is 41.2 Å². The van der Waals surface area contributed by atoms with Gasteiger partial charge in [-0.15, -0.1) is 0 Å². The number of carbonyl (C=O) groups excluding carboxylic acids is 4. The molecule has 0 spiro atoms. The van der Waals surface area contributed by atoms with Crippen molar-refractivity contribution < 1.29 is 23.6 Å². The molecule has 31 heavy (non-hydrogen) atoms. The first kappa shape index (κ1) is 20.5. The Morgan fingerprint density at radius 2 is 1.81 bits per heavy atom. The maximum atomic E-state index is 13.3. The smallest absolute Gasteiger partial charge is 0.324 e. The summed E-state index contributed by atoms with van der Waals surface area (Å²) in [5.74, 6) is -1.80. The molecule has 4 rings (SSSR count). The van der Waals surface area contributed by atoms with Gasteiger partial charge in [-0.2, -0.15) is 0 Å². The lowest BCUT2D eigenvalue weighted by Crippen LogP contribution is -2.47. The molecule has 2 atom stereocenters. The number of fused-ring (bicyclic) bond motifs is 1. The minimum Gasteiger partial charge on any atom is -0.324 e. The van der Waals surface area contributed by atoms with E-state index in [2.05, 4.69) is 10.6 Å². The van der Waals surface area contributed by atoms with Crippen LogP contribution >= 0.6 is 0 Å². The molecule has 2 aromatic rings. The maximum Gasteiger partial charge on any atom is 0.325 e. The van der Waals surface area contributed by atoms with Crippen molar-refractivity contribution >= 4 is 35.1 Å². The predicted octanol–water partition coefficient (Wildman–Crippen LogP) is 2.36. The molecule has 2 heterocycles. The van der Waals surface area contributed by atoms with E-state index in [0.717, 1.165) is 4.90 Å². The van der Waals surface area contributed by atoms with Crippen LogP contribution in [0.15, 0.2) is 48.5 Å². The molecule has 2 aromatic carbocycles. The van der Waals surface area contributed by atoms with E-state index in [1.54, 1.807) is 31.2 Å². The summed E-state index contributed by atoms with van der Waals surface area (Å²) in [6, 6.07) is 10.9. The zero-order valence-corrected chi connectivity index (χ0v) is 17.0. The van der Waals surface area contributed by atoms with Gasteiger partial charge in [-0.05, 0) is 43.7 Å². The van der Waals surface area contributed by atoms with Crippen LogP contribution in [0, 0.1) is 5.82 Å². The summed E-state index contributed by atoms with van der Waals surface area (Å²) in [4.78, 5) is 53.3. The van der Waals surface area contributed by atoms with Crippen LogP contribution in [-0.2, 0) is 19.9 Å². The first-order valence-electron chi connectivity index (χ1n) is 9.82. The Labute approximate surface area is 178 Å². The van der Waals surface area contributed by atoms with Crippen molar-refractivity contribution in [3.05, 3.63) is 59.9 Å². The topological polar surface area (TPSA) is 98.8 Å². The number of amides is 5. The molecule has 0 bridgehead atoms. The van der Waals surface area contributed by atoms with Crippen LogP contribution in [0.5, 0.6) is 0 Å². The van der Waals surface area contributed by atoms with Crippen molar-refractivity contribution in [2.24, 2.45) is 0 Å². The molecule has 2 N–H and O–H groups in total. The minimum atomic E-state index is -1.41. The molecule has 1 fully saturated rings. The minimum absolute atomic E-state index is 0.0772. The number of carbonyl (C=O) groups is 4. The van der Waals surface area contributed by atoms with Gasteiger partial charge in [0.2, 0.25) is 11.8 Å². The first-order valence-corrected chi connectivity index (χ1v) is 9.82. The molecular formula is C22H21FN4O4. The molecule has 1 saturated heterocycles. The molecule has 2 aliphatic heterocycles. The van der Waals surface area contributed by atoms with Gasteiger partial charge in [0.05, 0.1) is 11.4 Å². The lowest BCUT2D eigenvalue weighted by Gasteiger charge is -2.29. The highest BCUT2D eigenvalue weighted by molar-refractivity contribution is 6.12. The quantitative estimate of drug-likeness (QED) is 0.739. The lowest BCUT2D eigenvalue weighted by molar-refractivity contribution is -0.134. The van der Waals surface area contributed by atoms with E-state index in [0.29, 0.717) is 16.9 Å². The molecule has 8 nitrogen and oxygen atoms in total. The predicted molar refractivity (Wildman–Crippen MR) is 111 cm³/mol. The number of rotatable bonds is 3. The number of halogens is 1. The average molecular weight is 424 g/mol. The molecule has 0 radical (unpaired) electrons. The number of benzene rings is 2. The molecular weight excluding hydrogens is 403 g/mol. The molecule has 160 valence electrons. The van der Waals surface area contributed by atoms with Crippen LogP contribution in [0.3, 0.4) is 0 Å². The molecule has 2 aliphatic rings. The van der Waals surface area contributed by atoms with Crippen LogP contribution in [0.2, 0.25) is 0 Å². The highest BCUT2D eigenvalue weighted by atomic mass is 19.1. The van der Waals surface area contributed by atoms with E-state index in [4.69, 9.17) is 0 Å². The van der Waals surface area contributed by atoms with Gasteiger partial charge in [0.15, 0.2) is 0 Å². The van der Waals surface area contributed by atoms with Crippen LogP contribution in [0.25, 0.3) is 0 Å². The first-order chi connectivity index (χ1) is 14.7. The number of nitrogens with one attached hydrogen (secondary N) is 2. The second-order valence-electron chi connectivity index (χ2n) is 7.84. The summed E-state index contributed by atoms with van der Waals surface area (Å²) in [6.45, 7) is 2.75. The molecule has 0 aliphatic carbocycles. The fourth-order valence-electron chi connectivity index (χ4n) is 4.00. The molecule has 9 heteroatoms. The molecule has 5 amide bonds. The summed E-state index contributed by atoms with van der Waals surface area (Å²) in [5.41, 5.74) is -0.0199. The number of nitrogens with zero attached hydrogens (tertiary/aromatic N) is 2. The number of hydrogen-bond acceptors (Lipinski definition) is 4. The Morgan fingerprint density at radius 3 is 2.52 bits per heavy atom. The Kier molecular flexibility index (Phi) is 4.96. The Balaban J connectivity index is 1.61. The monoisotopic (exact) mass is 424 g/mol. The van der Waals surface area contributed by atoms with Crippen molar-refractivity contribution in [2.45, 2.75) is 31.8 Å². The third-order valence-electron chi connectivity index (χ3n) is 5.62. The maximum absolute atomic E-state index is 13.3. The number of para-hydroxylation sites is 2. The van der Waals surface area contributed by atoms with Crippen molar-refractivity contribution in [2.75, 3.05) is 16.8 Å². The van der Waals surface area contributed by atoms with E-state index in [9.17, 15) is 23.6 Å². The highest BCUT2D eigenvalue weighted by Crippen LogP contribution is 2.33. The number of imide groups is 1. The fraction of sp³-hybridized carbons (Fsp3) is 0.273. The summed E-state index contributed by atoms with van der Waals surface area (Å²) in [7, 11) is 0. The van der Waals surface area contributed by atoms with Crippen LogP contribution < -0.4 is 15.5 Å². The van der Waals surface area contributed by atoms with Gasteiger partial charge in [-0.1, -0.05) is 24.3 Å². The molecule has 0 saturated carbocycles.